The molecule has 0 radical (unpaired) electrons. The molecule has 0 spiro atoms. The van der Waals surface area contributed by atoms with Gasteiger partial charge in [-0.3, -0.25) is 0 Å². The number of thiophene rings is 1. The molecule has 1 aliphatic rings. The van der Waals surface area contributed by atoms with E-state index in [0.717, 1.165) is 16.5 Å². The highest BCUT2D eigenvalue weighted by Crippen LogP contribution is 2.37. The smallest absolute Gasteiger partial charge is 0.209 e. The van der Waals surface area contributed by atoms with E-state index < -0.39 is 0 Å². The summed E-state index contributed by atoms with van der Waals surface area (Å²) in [5.41, 5.74) is 6.46. The number of thioether (sulfide) groups is 1. The van der Waals surface area contributed by atoms with Gasteiger partial charge in [0.25, 0.3) is 0 Å². The molecule has 1 fully saturated rings. The highest BCUT2D eigenvalue weighted by molar-refractivity contribution is 7.98. The lowest BCUT2D eigenvalue weighted by molar-refractivity contribution is 0.565. The second-order valence-corrected chi connectivity index (χ2v) is 6.13. The molecule has 0 aromatic carbocycles. The van der Waals surface area contributed by atoms with Gasteiger partial charge in [0.05, 0.1) is 12.6 Å². The van der Waals surface area contributed by atoms with Gasteiger partial charge < -0.3 is 5.73 Å². The Morgan fingerprint density at radius 1 is 1.53 bits per heavy atom. The van der Waals surface area contributed by atoms with Crippen molar-refractivity contribution in [2.45, 2.75) is 29.8 Å². The van der Waals surface area contributed by atoms with Crippen LogP contribution in [0.2, 0.25) is 0 Å². The number of nitrogens with two attached hydrogens (primary N) is 1. The van der Waals surface area contributed by atoms with E-state index in [1.807, 2.05) is 10.7 Å². The molecule has 0 atom stereocenters. The summed E-state index contributed by atoms with van der Waals surface area (Å²) in [5, 5.41) is 14.8. The molecule has 0 aliphatic heterocycles. The van der Waals surface area contributed by atoms with Crippen molar-refractivity contribution >= 4 is 23.1 Å². The quantitative estimate of drug-likeness (QED) is 0.685. The van der Waals surface area contributed by atoms with Gasteiger partial charge in [0.1, 0.15) is 0 Å². The van der Waals surface area contributed by atoms with Crippen molar-refractivity contribution in [1.29, 1.82) is 0 Å². The van der Waals surface area contributed by atoms with Gasteiger partial charge in [-0.15, -0.1) is 16.4 Å². The first-order chi connectivity index (χ1) is 9.38. The molecular formula is C12H13N5S2. The van der Waals surface area contributed by atoms with E-state index >= 15 is 0 Å². The third-order valence-electron chi connectivity index (χ3n) is 2.76. The summed E-state index contributed by atoms with van der Waals surface area (Å²) < 4.78 is 1.93. The Kier molecular flexibility index (Phi) is 3.82. The van der Waals surface area contributed by atoms with Crippen molar-refractivity contribution in [3.63, 3.8) is 0 Å². The Balaban J connectivity index is 1.68. The summed E-state index contributed by atoms with van der Waals surface area (Å²) in [6.07, 6.45) is 2.37. The third-order valence-corrected chi connectivity index (χ3v) is 4.82. The molecule has 7 heteroatoms. The first-order valence-corrected chi connectivity index (χ1v) is 7.91. The molecule has 0 bridgehead atoms. The summed E-state index contributed by atoms with van der Waals surface area (Å²) in [6, 6.07) is 2.55. The van der Waals surface area contributed by atoms with Crippen LogP contribution in [0.1, 0.15) is 29.3 Å². The SMILES string of the molecule is NCC#Cc1ccsc1CSc1nnnn1C1CC1. The molecule has 0 unspecified atom stereocenters. The van der Waals surface area contributed by atoms with Crippen LogP contribution in [0.15, 0.2) is 16.6 Å². The molecule has 1 saturated carbocycles. The number of hydrogen-bond donors (Lipinski definition) is 1. The van der Waals surface area contributed by atoms with E-state index in [1.165, 1.54) is 17.7 Å². The third kappa shape index (κ3) is 2.97. The van der Waals surface area contributed by atoms with Gasteiger partial charge in [-0.1, -0.05) is 23.6 Å². The molecule has 0 amide bonds. The zero-order valence-electron chi connectivity index (χ0n) is 10.2. The summed E-state index contributed by atoms with van der Waals surface area (Å²) in [6.45, 7) is 0.391. The largest absolute Gasteiger partial charge is 0.320 e. The first kappa shape index (κ1) is 12.7. The highest BCUT2D eigenvalue weighted by Gasteiger charge is 2.27. The number of nitrogens with zero attached hydrogens (tertiary/aromatic N) is 4. The Morgan fingerprint density at radius 2 is 2.42 bits per heavy atom. The molecule has 2 aromatic rings. The molecule has 19 heavy (non-hydrogen) atoms. The summed E-state index contributed by atoms with van der Waals surface area (Å²) in [7, 11) is 0. The second kappa shape index (κ2) is 5.74. The second-order valence-electron chi connectivity index (χ2n) is 4.19. The summed E-state index contributed by atoms with van der Waals surface area (Å²) in [4.78, 5) is 1.25. The maximum atomic E-state index is 5.40. The van der Waals surface area contributed by atoms with Crippen molar-refractivity contribution in [2.24, 2.45) is 5.73 Å². The predicted molar refractivity (Wildman–Crippen MR) is 75.9 cm³/mol. The lowest BCUT2D eigenvalue weighted by Gasteiger charge is -2.01. The molecule has 98 valence electrons. The van der Waals surface area contributed by atoms with Crippen LogP contribution in [0, 0.1) is 11.8 Å². The van der Waals surface area contributed by atoms with Crippen LogP contribution in [0.3, 0.4) is 0 Å². The normalized spacial score (nSPS) is 14.2. The molecule has 0 saturated heterocycles. The fourth-order valence-electron chi connectivity index (χ4n) is 1.67. The average molecular weight is 291 g/mol. The summed E-state index contributed by atoms with van der Waals surface area (Å²) in [5.74, 6) is 6.84. The fraction of sp³-hybridized carbons (Fsp3) is 0.417. The van der Waals surface area contributed by atoms with Crippen LogP contribution in [-0.4, -0.2) is 26.8 Å². The molecule has 2 N–H and O–H groups in total. The molecule has 5 nitrogen and oxygen atoms in total. The van der Waals surface area contributed by atoms with E-state index in [4.69, 9.17) is 5.73 Å². The molecule has 3 rings (SSSR count). The molecule has 1 aliphatic carbocycles. The predicted octanol–water partition coefficient (Wildman–Crippen LogP) is 1.67. The zero-order valence-corrected chi connectivity index (χ0v) is 11.9. The molecular weight excluding hydrogens is 278 g/mol. The van der Waals surface area contributed by atoms with E-state index in [2.05, 4.69) is 32.7 Å². The maximum absolute atomic E-state index is 5.40. The zero-order chi connectivity index (χ0) is 13.1. The molecule has 2 heterocycles. The van der Waals surface area contributed by atoms with E-state index in [0.29, 0.717) is 12.6 Å². The fourth-order valence-corrected chi connectivity index (χ4v) is 3.56. The van der Waals surface area contributed by atoms with Gasteiger partial charge >= 0.3 is 0 Å². The topological polar surface area (TPSA) is 69.6 Å². The van der Waals surface area contributed by atoms with Crippen LogP contribution in [0.4, 0.5) is 0 Å². The van der Waals surface area contributed by atoms with E-state index in [9.17, 15) is 0 Å². The summed E-state index contributed by atoms with van der Waals surface area (Å²) >= 11 is 3.38. The van der Waals surface area contributed by atoms with Crippen LogP contribution in [-0.2, 0) is 5.75 Å². The Labute approximate surface area is 119 Å². The number of rotatable bonds is 4. The van der Waals surface area contributed by atoms with Crippen molar-refractivity contribution < 1.29 is 0 Å². The first-order valence-electron chi connectivity index (χ1n) is 6.04. The van der Waals surface area contributed by atoms with E-state index in [1.54, 1.807) is 23.1 Å². The van der Waals surface area contributed by atoms with Crippen LogP contribution >= 0.6 is 23.1 Å². The lowest BCUT2D eigenvalue weighted by Crippen LogP contribution is -1.98. The minimum Gasteiger partial charge on any atom is -0.320 e. The Bertz CT molecular complexity index is 617. The van der Waals surface area contributed by atoms with Crippen molar-refractivity contribution in [3.05, 3.63) is 21.9 Å². The Hall–Kier alpha value is -1.36. The number of tetrazole rings is 1. The minimum atomic E-state index is 0.391. The van der Waals surface area contributed by atoms with Crippen LogP contribution in [0.25, 0.3) is 0 Å². The van der Waals surface area contributed by atoms with Crippen LogP contribution in [0.5, 0.6) is 0 Å². The van der Waals surface area contributed by atoms with E-state index in [-0.39, 0.29) is 0 Å². The van der Waals surface area contributed by atoms with Crippen LogP contribution < -0.4 is 5.73 Å². The highest BCUT2D eigenvalue weighted by atomic mass is 32.2. The minimum absolute atomic E-state index is 0.391. The number of aromatic nitrogens is 4. The number of hydrogen-bond acceptors (Lipinski definition) is 6. The van der Waals surface area contributed by atoms with Gasteiger partial charge in [0.2, 0.25) is 5.16 Å². The van der Waals surface area contributed by atoms with Gasteiger partial charge in [-0.25, -0.2) is 4.68 Å². The van der Waals surface area contributed by atoms with Gasteiger partial charge in [0, 0.05) is 16.2 Å². The van der Waals surface area contributed by atoms with Gasteiger partial charge in [0.15, 0.2) is 0 Å². The standard InChI is InChI=1S/C12H13N5S2/c13-6-1-2-9-5-7-18-11(9)8-19-12-14-15-16-17(12)10-3-4-10/h5,7,10H,3-4,6,8,13H2. The maximum Gasteiger partial charge on any atom is 0.209 e. The van der Waals surface area contributed by atoms with Gasteiger partial charge in [-0.05, 0) is 34.7 Å². The van der Waals surface area contributed by atoms with Gasteiger partial charge in [-0.2, -0.15) is 0 Å². The van der Waals surface area contributed by atoms with Crippen molar-refractivity contribution in [2.75, 3.05) is 6.54 Å². The van der Waals surface area contributed by atoms with Crippen molar-refractivity contribution in [1.82, 2.24) is 20.2 Å². The lowest BCUT2D eigenvalue weighted by atomic mass is 10.3. The van der Waals surface area contributed by atoms with Crippen molar-refractivity contribution in [3.8, 4) is 11.8 Å². The average Bonchev–Trinajstić information content (AvgIpc) is 3.00. The Morgan fingerprint density at radius 3 is 3.21 bits per heavy atom. The monoisotopic (exact) mass is 291 g/mol. The molecule has 2 aromatic heterocycles.